The lowest BCUT2D eigenvalue weighted by Crippen LogP contribution is -2.29. The molecule has 6 aromatic rings. The van der Waals surface area contributed by atoms with E-state index >= 15 is 0 Å². The van der Waals surface area contributed by atoms with Crippen LogP contribution in [0.3, 0.4) is 0 Å². The molecule has 1 atom stereocenters. The Kier molecular flexibility index (Phi) is 7.61. The molecule has 0 aliphatic carbocycles. The Bertz CT molecular complexity index is 2290. The number of hydrogen-bond donors (Lipinski definition) is 4. The van der Waals surface area contributed by atoms with Crippen molar-refractivity contribution in [3.63, 3.8) is 0 Å². The van der Waals surface area contributed by atoms with Crippen molar-refractivity contribution in [2.75, 3.05) is 15.8 Å². The second kappa shape index (κ2) is 11.6. The van der Waals surface area contributed by atoms with Crippen molar-refractivity contribution in [1.29, 1.82) is 0 Å². The number of aromatic nitrogens is 5. The maximum Gasteiger partial charge on any atom is 0.282 e. The summed E-state index contributed by atoms with van der Waals surface area (Å²) in [7, 11) is -4.53. The van der Waals surface area contributed by atoms with Crippen LogP contribution in [0.4, 0.5) is 26.1 Å². The molecule has 0 radical (unpaired) electrons. The first-order chi connectivity index (χ1) is 21.9. The summed E-state index contributed by atoms with van der Waals surface area (Å²) in [6.07, 6.45) is 2.91. The van der Waals surface area contributed by atoms with Crippen LogP contribution in [-0.2, 0) is 10.0 Å². The maximum atomic E-state index is 14.3. The fraction of sp³-hybridized carbons (Fsp3) is 0.0968. The molecule has 0 spiro atoms. The van der Waals surface area contributed by atoms with Crippen molar-refractivity contribution in [2.24, 2.45) is 0 Å². The van der Waals surface area contributed by atoms with Crippen molar-refractivity contribution in [2.45, 2.75) is 24.8 Å². The molecule has 0 aliphatic rings. The van der Waals surface area contributed by atoms with Gasteiger partial charge in [-0.15, -0.1) is 0 Å². The molecule has 5 N–H and O–H groups in total. The Balaban J connectivity index is 1.41. The summed E-state index contributed by atoms with van der Waals surface area (Å²) in [4.78, 5) is 21.4. The average molecular weight is 645 g/mol. The van der Waals surface area contributed by atoms with E-state index < -0.39 is 32.6 Å². The lowest BCUT2D eigenvalue weighted by Gasteiger charge is -2.21. The van der Waals surface area contributed by atoms with E-state index in [4.69, 9.17) is 10.8 Å². The molecule has 6 rings (SSSR count). The van der Waals surface area contributed by atoms with Crippen molar-refractivity contribution in [3.05, 3.63) is 119 Å². The van der Waals surface area contributed by atoms with Crippen molar-refractivity contribution < 1.29 is 22.3 Å². The zero-order chi connectivity index (χ0) is 32.7. The Morgan fingerprint density at radius 2 is 1.76 bits per heavy atom. The van der Waals surface area contributed by atoms with E-state index in [2.05, 4.69) is 20.0 Å². The number of nitrogens with one attached hydrogen (secondary N) is 2. The van der Waals surface area contributed by atoms with Crippen molar-refractivity contribution in [3.8, 4) is 22.6 Å². The SMILES string of the molecule is Cc1ccn2nc(C(C)Nc3ncnc(N)c3-c3cc(O)cc(NS(=O)(=O)c4ccc(F)cc4F)c3)n(-c3ccccc3)c(=O)c12. The third kappa shape index (κ3) is 5.59. The van der Waals surface area contributed by atoms with E-state index in [1.165, 1.54) is 27.5 Å². The van der Waals surface area contributed by atoms with Gasteiger partial charge in [-0.25, -0.2) is 31.7 Å². The summed E-state index contributed by atoms with van der Waals surface area (Å²) in [5.41, 5.74) is 8.02. The first-order valence-electron chi connectivity index (χ1n) is 13.8. The molecular weight excluding hydrogens is 618 g/mol. The number of para-hydroxylation sites is 1. The predicted octanol–water partition coefficient (Wildman–Crippen LogP) is 4.79. The minimum Gasteiger partial charge on any atom is -0.508 e. The third-order valence-electron chi connectivity index (χ3n) is 7.19. The summed E-state index contributed by atoms with van der Waals surface area (Å²) >= 11 is 0. The number of anilines is 3. The molecule has 0 saturated heterocycles. The summed E-state index contributed by atoms with van der Waals surface area (Å²) in [6, 6.07) is 16.0. The molecule has 15 heteroatoms. The molecule has 1 unspecified atom stereocenters. The second-order valence-electron chi connectivity index (χ2n) is 10.4. The van der Waals surface area contributed by atoms with Crippen LogP contribution in [0.15, 0.2) is 95.0 Å². The van der Waals surface area contributed by atoms with Gasteiger partial charge in [-0.3, -0.25) is 14.1 Å². The van der Waals surface area contributed by atoms with Crippen LogP contribution in [-0.4, -0.2) is 37.7 Å². The van der Waals surface area contributed by atoms with Crippen molar-refractivity contribution in [1.82, 2.24) is 24.1 Å². The van der Waals surface area contributed by atoms with Gasteiger partial charge in [0.05, 0.1) is 23.0 Å². The van der Waals surface area contributed by atoms with Crippen LogP contribution >= 0.6 is 0 Å². The topological polar surface area (TPSA) is 170 Å². The van der Waals surface area contributed by atoms with E-state index in [9.17, 15) is 27.1 Å². The number of nitrogens with two attached hydrogens (primary N) is 1. The average Bonchev–Trinajstić information content (AvgIpc) is 3.37. The molecule has 0 fully saturated rings. The van der Waals surface area contributed by atoms with Crippen LogP contribution in [0.2, 0.25) is 0 Å². The molecule has 12 nitrogen and oxygen atoms in total. The lowest BCUT2D eigenvalue weighted by molar-refractivity contribution is 0.476. The molecule has 0 saturated carbocycles. The van der Waals surface area contributed by atoms with Gasteiger partial charge in [-0.1, -0.05) is 18.2 Å². The highest BCUT2D eigenvalue weighted by Crippen LogP contribution is 2.37. The second-order valence-corrected chi connectivity index (χ2v) is 12.1. The number of phenolic OH excluding ortho intramolecular Hbond substituents is 1. The lowest BCUT2D eigenvalue weighted by atomic mass is 10.1. The maximum absolute atomic E-state index is 14.3. The van der Waals surface area contributed by atoms with Crippen LogP contribution in [0.1, 0.15) is 24.4 Å². The van der Waals surface area contributed by atoms with Gasteiger partial charge in [-0.2, -0.15) is 5.10 Å². The van der Waals surface area contributed by atoms with Gasteiger partial charge in [0.25, 0.3) is 15.6 Å². The highest BCUT2D eigenvalue weighted by molar-refractivity contribution is 7.92. The molecule has 234 valence electrons. The van der Waals surface area contributed by atoms with Crippen LogP contribution < -0.4 is 21.3 Å². The van der Waals surface area contributed by atoms with Crippen LogP contribution in [0.25, 0.3) is 22.3 Å². The van der Waals surface area contributed by atoms with Crippen molar-refractivity contribution >= 4 is 32.9 Å². The highest BCUT2D eigenvalue weighted by atomic mass is 32.2. The number of aromatic hydroxyl groups is 1. The highest BCUT2D eigenvalue weighted by Gasteiger charge is 2.24. The number of hydrogen-bond acceptors (Lipinski definition) is 9. The number of benzene rings is 3. The Morgan fingerprint density at radius 3 is 2.50 bits per heavy atom. The molecule has 46 heavy (non-hydrogen) atoms. The Hall–Kier alpha value is -5.83. The minimum absolute atomic E-state index is 0.0152. The van der Waals surface area contributed by atoms with Gasteiger partial charge >= 0.3 is 0 Å². The third-order valence-corrected chi connectivity index (χ3v) is 8.60. The summed E-state index contributed by atoms with van der Waals surface area (Å²) in [5, 5.41) is 18.5. The zero-order valence-electron chi connectivity index (χ0n) is 24.3. The number of nitrogen functional groups attached to an aromatic ring is 1. The largest absolute Gasteiger partial charge is 0.508 e. The van der Waals surface area contributed by atoms with Gasteiger partial charge < -0.3 is 16.2 Å². The molecule has 3 aromatic heterocycles. The normalized spacial score (nSPS) is 12.3. The molecular formula is C31H26F2N8O4S. The van der Waals surface area contributed by atoms with Crippen LogP contribution in [0, 0.1) is 18.6 Å². The van der Waals surface area contributed by atoms with E-state index in [0.29, 0.717) is 23.1 Å². The van der Waals surface area contributed by atoms with Gasteiger partial charge in [0.2, 0.25) is 0 Å². The zero-order valence-corrected chi connectivity index (χ0v) is 25.1. The number of halogens is 2. The Labute approximate surface area is 260 Å². The number of nitrogens with zero attached hydrogens (tertiary/aromatic N) is 5. The molecule has 3 heterocycles. The molecule has 3 aromatic carbocycles. The first kappa shape index (κ1) is 30.2. The number of sulfonamides is 1. The van der Waals surface area contributed by atoms with Gasteiger partial charge in [-0.05, 0) is 67.4 Å². The van der Waals surface area contributed by atoms with E-state index in [1.54, 1.807) is 43.5 Å². The van der Waals surface area contributed by atoms with Gasteiger partial charge in [0, 0.05) is 18.3 Å². The fourth-order valence-corrected chi connectivity index (χ4v) is 6.22. The molecule has 0 bridgehead atoms. The van der Waals surface area contributed by atoms with Gasteiger partial charge in [0.1, 0.15) is 45.8 Å². The molecule has 0 aliphatic heterocycles. The van der Waals surface area contributed by atoms with Gasteiger partial charge in [0.15, 0.2) is 5.82 Å². The standard InChI is InChI=1S/C31H26F2N8O4S/c1-17-10-11-40-27(17)31(43)41(22-6-4-3-5-7-22)30(38-40)18(2)37-29-26(28(34)35-16-36-29)19-12-21(15-23(42)13-19)39-46(44,45)25-9-8-20(32)14-24(25)33/h3-16,18,39,42H,1-2H3,(H3,34,35,36,37). The Morgan fingerprint density at radius 1 is 1.00 bits per heavy atom. The number of aryl methyl sites for hydroxylation is 1. The number of fused-ring (bicyclic) bond motifs is 1. The summed E-state index contributed by atoms with van der Waals surface area (Å²) in [6.45, 7) is 3.59. The van der Waals surface area contributed by atoms with E-state index in [0.717, 1.165) is 23.8 Å². The quantitative estimate of drug-likeness (QED) is 0.182. The fourth-order valence-electron chi connectivity index (χ4n) is 5.12. The summed E-state index contributed by atoms with van der Waals surface area (Å²) < 4.78 is 58.8. The van der Waals surface area contributed by atoms with Crippen LogP contribution in [0.5, 0.6) is 5.75 Å². The number of phenols is 1. The summed E-state index contributed by atoms with van der Waals surface area (Å²) in [5.74, 6) is -2.08. The monoisotopic (exact) mass is 644 g/mol. The minimum atomic E-state index is -4.53. The number of rotatable bonds is 8. The van der Waals surface area contributed by atoms with E-state index in [-0.39, 0.29) is 39.8 Å². The molecule has 0 amide bonds. The smallest absolute Gasteiger partial charge is 0.282 e. The first-order valence-corrected chi connectivity index (χ1v) is 15.3. The predicted molar refractivity (Wildman–Crippen MR) is 168 cm³/mol. The van der Waals surface area contributed by atoms with E-state index in [1.807, 2.05) is 13.0 Å².